The normalized spacial score (nSPS) is 29.9. The van der Waals surface area contributed by atoms with Crippen LogP contribution in [0.25, 0.3) is 0 Å². The van der Waals surface area contributed by atoms with E-state index in [-0.39, 0.29) is 6.04 Å². The average molecular weight is 290 g/mol. The molecule has 1 aromatic rings. The number of hydrogen-bond acceptors (Lipinski definition) is 4. The van der Waals surface area contributed by atoms with Crippen LogP contribution in [0.1, 0.15) is 41.9 Å². The van der Waals surface area contributed by atoms with Crippen LogP contribution >= 0.6 is 11.3 Å². The molecule has 1 aliphatic heterocycles. The van der Waals surface area contributed by atoms with Gasteiger partial charge in [0.2, 0.25) is 0 Å². The van der Waals surface area contributed by atoms with E-state index < -0.39 is 5.97 Å². The lowest BCUT2D eigenvalue weighted by atomic mass is 9.85. The Bertz CT molecular complexity index is 548. The van der Waals surface area contributed by atoms with Gasteiger partial charge in [0.05, 0.1) is 0 Å². The topological polar surface area (TPSA) is 64.3 Å². The number of nitriles is 1. The van der Waals surface area contributed by atoms with Gasteiger partial charge in [-0.3, -0.25) is 9.69 Å². The second-order valence-electron chi connectivity index (χ2n) is 5.75. The van der Waals surface area contributed by atoms with Crippen molar-refractivity contribution in [3.05, 3.63) is 21.9 Å². The molecule has 4 nitrogen and oxygen atoms in total. The lowest BCUT2D eigenvalue weighted by Crippen LogP contribution is -2.41. The molecule has 3 unspecified atom stereocenters. The summed E-state index contributed by atoms with van der Waals surface area (Å²) in [4.78, 5) is 15.5. The second kappa shape index (κ2) is 5.55. The molecule has 1 saturated carbocycles. The average Bonchev–Trinajstić information content (AvgIpc) is 3.04. The van der Waals surface area contributed by atoms with E-state index in [0.29, 0.717) is 23.4 Å². The summed E-state index contributed by atoms with van der Waals surface area (Å²) in [6.07, 6.45) is 5.51. The summed E-state index contributed by atoms with van der Waals surface area (Å²) in [6, 6.07) is 5.99. The molecule has 0 spiro atoms. The largest absolute Gasteiger partial charge is 0.480 e. The molecule has 5 heteroatoms. The molecule has 2 fully saturated rings. The molecule has 1 saturated heterocycles. The van der Waals surface area contributed by atoms with Crippen molar-refractivity contribution in [3.63, 3.8) is 0 Å². The molecule has 2 heterocycles. The lowest BCUT2D eigenvalue weighted by Gasteiger charge is -2.32. The van der Waals surface area contributed by atoms with Gasteiger partial charge >= 0.3 is 5.97 Å². The third kappa shape index (κ3) is 2.46. The summed E-state index contributed by atoms with van der Waals surface area (Å²) in [5.74, 6) is -0.156. The third-order valence-electron chi connectivity index (χ3n) is 4.62. The zero-order valence-electron chi connectivity index (χ0n) is 11.3. The van der Waals surface area contributed by atoms with Crippen LogP contribution in [0.2, 0.25) is 0 Å². The van der Waals surface area contributed by atoms with E-state index in [2.05, 4.69) is 11.0 Å². The summed E-state index contributed by atoms with van der Waals surface area (Å²) in [7, 11) is 0. The van der Waals surface area contributed by atoms with Crippen LogP contribution < -0.4 is 0 Å². The van der Waals surface area contributed by atoms with Gasteiger partial charge in [-0.05, 0) is 37.3 Å². The molecule has 0 bridgehead atoms. The maximum absolute atomic E-state index is 11.5. The predicted octanol–water partition coefficient (Wildman–Crippen LogP) is 2.84. The number of likely N-dealkylation sites (tertiary alicyclic amines) is 1. The molecule has 2 aliphatic rings. The fraction of sp³-hybridized carbons (Fsp3) is 0.600. The minimum Gasteiger partial charge on any atom is -0.480 e. The smallest absolute Gasteiger partial charge is 0.320 e. The Kier molecular flexibility index (Phi) is 3.77. The van der Waals surface area contributed by atoms with Crippen LogP contribution in [0.5, 0.6) is 0 Å². The van der Waals surface area contributed by atoms with Crippen molar-refractivity contribution in [3.8, 4) is 6.07 Å². The van der Waals surface area contributed by atoms with Gasteiger partial charge < -0.3 is 5.11 Å². The van der Waals surface area contributed by atoms with Gasteiger partial charge in [0.15, 0.2) is 0 Å². The van der Waals surface area contributed by atoms with Crippen molar-refractivity contribution < 1.29 is 9.90 Å². The maximum atomic E-state index is 11.5. The number of rotatable bonds is 3. The van der Waals surface area contributed by atoms with Gasteiger partial charge in [0, 0.05) is 17.5 Å². The molecule has 0 amide bonds. The molecule has 3 rings (SSSR count). The fourth-order valence-corrected chi connectivity index (χ4v) is 4.54. The van der Waals surface area contributed by atoms with E-state index in [1.54, 1.807) is 0 Å². The number of hydrogen-bond donors (Lipinski definition) is 1. The Morgan fingerprint density at radius 1 is 1.45 bits per heavy atom. The number of carbonyl (C=O) groups is 1. The monoisotopic (exact) mass is 290 g/mol. The number of thiophene rings is 1. The highest BCUT2D eigenvalue weighted by Gasteiger charge is 2.45. The number of carboxylic acid groups (broad SMARTS) is 1. The van der Waals surface area contributed by atoms with Crippen molar-refractivity contribution in [1.29, 1.82) is 5.26 Å². The summed E-state index contributed by atoms with van der Waals surface area (Å²) in [5, 5.41) is 18.4. The van der Waals surface area contributed by atoms with E-state index in [1.807, 2.05) is 12.1 Å². The minimum absolute atomic E-state index is 0.351. The van der Waals surface area contributed by atoms with Crippen molar-refractivity contribution in [1.82, 2.24) is 4.90 Å². The Balaban J connectivity index is 1.80. The maximum Gasteiger partial charge on any atom is 0.320 e. The molecule has 106 valence electrons. The Hall–Kier alpha value is -1.38. The first-order chi connectivity index (χ1) is 9.69. The SMILES string of the molecule is N#Cc1ccc(CN2C(C(=O)O)CC3CCCCC32)s1. The summed E-state index contributed by atoms with van der Waals surface area (Å²) < 4.78 is 0. The highest BCUT2D eigenvalue weighted by molar-refractivity contribution is 7.12. The number of aliphatic carboxylic acids is 1. The van der Waals surface area contributed by atoms with Crippen molar-refractivity contribution in [2.45, 2.75) is 50.7 Å². The number of fused-ring (bicyclic) bond motifs is 1. The first-order valence-electron chi connectivity index (χ1n) is 7.16. The zero-order chi connectivity index (χ0) is 14.1. The Morgan fingerprint density at radius 2 is 2.25 bits per heavy atom. The van der Waals surface area contributed by atoms with Gasteiger partial charge in [-0.1, -0.05) is 12.8 Å². The molecule has 1 aliphatic carbocycles. The van der Waals surface area contributed by atoms with Crippen molar-refractivity contribution in [2.75, 3.05) is 0 Å². The van der Waals surface area contributed by atoms with E-state index in [0.717, 1.165) is 17.7 Å². The standard InChI is InChI=1S/C15H18N2O2S/c16-8-11-5-6-12(20-11)9-17-13-4-2-1-3-10(13)7-14(17)15(18)19/h5-6,10,13-14H,1-4,7,9H2,(H,18,19). The summed E-state index contributed by atoms with van der Waals surface area (Å²) in [6.45, 7) is 0.671. The molecule has 1 N–H and O–H groups in total. The van der Waals surface area contributed by atoms with Crippen LogP contribution in [0.4, 0.5) is 0 Å². The first kappa shape index (κ1) is 13.6. The first-order valence-corrected chi connectivity index (χ1v) is 7.98. The fourth-order valence-electron chi connectivity index (χ4n) is 3.73. The lowest BCUT2D eigenvalue weighted by molar-refractivity contribution is -0.142. The van der Waals surface area contributed by atoms with Crippen LogP contribution in [0.3, 0.4) is 0 Å². The van der Waals surface area contributed by atoms with Gasteiger partial charge in [-0.2, -0.15) is 5.26 Å². The quantitative estimate of drug-likeness (QED) is 0.929. The molecular formula is C15H18N2O2S. The molecule has 20 heavy (non-hydrogen) atoms. The van der Waals surface area contributed by atoms with Gasteiger partial charge in [-0.15, -0.1) is 11.3 Å². The zero-order valence-corrected chi connectivity index (χ0v) is 12.1. The molecule has 0 aromatic carbocycles. The van der Waals surface area contributed by atoms with E-state index in [9.17, 15) is 9.90 Å². The Morgan fingerprint density at radius 3 is 2.95 bits per heavy atom. The van der Waals surface area contributed by atoms with Crippen molar-refractivity contribution in [2.24, 2.45) is 5.92 Å². The molecule has 0 radical (unpaired) electrons. The summed E-state index contributed by atoms with van der Waals surface area (Å²) in [5.41, 5.74) is 0. The number of carboxylic acids is 1. The van der Waals surface area contributed by atoms with Crippen LogP contribution in [-0.2, 0) is 11.3 Å². The highest BCUT2D eigenvalue weighted by atomic mass is 32.1. The number of nitrogens with zero attached hydrogens (tertiary/aromatic N) is 2. The van der Waals surface area contributed by atoms with Gasteiger partial charge in [0.25, 0.3) is 0 Å². The molecule has 3 atom stereocenters. The van der Waals surface area contributed by atoms with E-state index in [4.69, 9.17) is 5.26 Å². The van der Waals surface area contributed by atoms with E-state index >= 15 is 0 Å². The van der Waals surface area contributed by atoms with Crippen LogP contribution in [0, 0.1) is 17.2 Å². The third-order valence-corrected chi connectivity index (χ3v) is 5.59. The summed E-state index contributed by atoms with van der Waals surface area (Å²) >= 11 is 1.48. The molecular weight excluding hydrogens is 272 g/mol. The highest BCUT2D eigenvalue weighted by Crippen LogP contribution is 2.41. The molecule has 1 aromatic heterocycles. The second-order valence-corrected chi connectivity index (χ2v) is 6.92. The van der Waals surface area contributed by atoms with E-state index in [1.165, 1.54) is 30.6 Å². The van der Waals surface area contributed by atoms with Gasteiger partial charge in [-0.25, -0.2) is 0 Å². The van der Waals surface area contributed by atoms with Crippen molar-refractivity contribution >= 4 is 17.3 Å². The van der Waals surface area contributed by atoms with Crippen LogP contribution in [0.15, 0.2) is 12.1 Å². The van der Waals surface area contributed by atoms with Gasteiger partial charge in [0.1, 0.15) is 17.0 Å². The Labute approximate surface area is 122 Å². The minimum atomic E-state index is -0.698. The predicted molar refractivity (Wildman–Crippen MR) is 76.4 cm³/mol. The van der Waals surface area contributed by atoms with Crippen LogP contribution in [-0.4, -0.2) is 28.1 Å².